The first-order valence-corrected chi connectivity index (χ1v) is 5.91. The fourth-order valence-electron chi connectivity index (χ4n) is 2.18. The highest BCUT2D eigenvalue weighted by Crippen LogP contribution is 2.23. The second kappa shape index (κ2) is 5.32. The quantitative estimate of drug-likeness (QED) is 0.724. The molecule has 0 aliphatic rings. The topological polar surface area (TPSA) is 3.24 Å². The van der Waals surface area contributed by atoms with Crippen LogP contribution in [0.2, 0.25) is 0 Å². The molecule has 84 valence electrons. The van der Waals surface area contributed by atoms with E-state index in [-0.39, 0.29) is 0 Å². The van der Waals surface area contributed by atoms with Crippen LogP contribution in [-0.4, -0.2) is 18.0 Å². The Labute approximate surface area is 94.1 Å². The van der Waals surface area contributed by atoms with Gasteiger partial charge in [-0.1, -0.05) is 37.6 Å². The highest BCUT2D eigenvalue weighted by molar-refractivity contribution is 5.32. The largest absolute Gasteiger partial charge is 0.297 e. The van der Waals surface area contributed by atoms with Crippen molar-refractivity contribution in [3.8, 4) is 0 Å². The molecule has 0 radical (unpaired) electrons. The van der Waals surface area contributed by atoms with Crippen molar-refractivity contribution in [3.05, 3.63) is 34.9 Å². The summed E-state index contributed by atoms with van der Waals surface area (Å²) < 4.78 is 0. The zero-order chi connectivity index (χ0) is 11.4. The third-order valence-corrected chi connectivity index (χ3v) is 3.24. The molecule has 0 amide bonds. The Morgan fingerprint density at radius 3 is 2.27 bits per heavy atom. The van der Waals surface area contributed by atoms with Crippen LogP contribution in [0.1, 0.15) is 43.5 Å². The van der Waals surface area contributed by atoms with Crippen LogP contribution in [-0.2, 0) is 0 Å². The maximum absolute atomic E-state index is 2.49. The summed E-state index contributed by atoms with van der Waals surface area (Å²) >= 11 is 0. The molecular formula is C14H23N. The second-order valence-electron chi connectivity index (χ2n) is 4.26. The molecule has 0 saturated carbocycles. The van der Waals surface area contributed by atoms with E-state index in [9.17, 15) is 0 Å². The smallest absolute Gasteiger partial charge is 0.0322 e. The van der Waals surface area contributed by atoms with E-state index in [1.165, 1.54) is 16.7 Å². The van der Waals surface area contributed by atoms with Crippen LogP contribution in [0.3, 0.4) is 0 Å². The maximum Gasteiger partial charge on any atom is 0.0322 e. The van der Waals surface area contributed by atoms with Gasteiger partial charge < -0.3 is 0 Å². The van der Waals surface area contributed by atoms with E-state index in [4.69, 9.17) is 0 Å². The molecule has 0 spiro atoms. The second-order valence-corrected chi connectivity index (χ2v) is 4.26. The van der Waals surface area contributed by atoms with Crippen molar-refractivity contribution >= 4 is 0 Å². The minimum absolute atomic E-state index is 0.528. The van der Waals surface area contributed by atoms with Gasteiger partial charge in [0.25, 0.3) is 0 Å². The van der Waals surface area contributed by atoms with Gasteiger partial charge in [0, 0.05) is 6.04 Å². The lowest BCUT2D eigenvalue weighted by Crippen LogP contribution is -2.26. The Morgan fingerprint density at radius 1 is 1.13 bits per heavy atom. The summed E-state index contributed by atoms with van der Waals surface area (Å²) in [4.78, 5) is 2.49. The fourth-order valence-corrected chi connectivity index (χ4v) is 2.18. The monoisotopic (exact) mass is 205 g/mol. The number of nitrogens with zero attached hydrogens (tertiary/aromatic N) is 1. The van der Waals surface area contributed by atoms with Gasteiger partial charge >= 0.3 is 0 Å². The number of rotatable bonds is 4. The lowest BCUT2D eigenvalue weighted by molar-refractivity contribution is 0.233. The van der Waals surface area contributed by atoms with Gasteiger partial charge in [-0.05, 0) is 45.0 Å². The summed E-state index contributed by atoms with van der Waals surface area (Å²) in [6.07, 6.45) is 0. The third kappa shape index (κ3) is 2.82. The summed E-state index contributed by atoms with van der Waals surface area (Å²) in [6, 6.07) is 7.26. The van der Waals surface area contributed by atoms with Crippen molar-refractivity contribution in [3.63, 3.8) is 0 Å². The zero-order valence-corrected chi connectivity index (χ0v) is 10.7. The molecule has 0 aliphatic heterocycles. The van der Waals surface area contributed by atoms with Gasteiger partial charge in [0.2, 0.25) is 0 Å². The molecule has 1 aromatic carbocycles. The Morgan fingerprint density at radius 2 is 1.73 bits per heavy atom. The molecule has 0 aromatic heterocycles. The number of hydrogen-bond donors (Lipinski definition) is 0. The van der Waals surface area contributed by atoms with Crippen molar-refractivity contribution in [1.82, 2.24) is 4.90 Å². The molecule has 15 heavy (non-hydrogen) atoms. The van der Waals surface area contributed by atoms with Crippen LogP contribution < -0.4 is 0 Å². The Balaban J connectivity index is 2.98. The fraction of sp³-hybridized carbons (Fsp3) is 0.571. The molecule has 0 bridgehead atoms. The van der Waals surface area contributed by atoms with E-state index < -0.39 is 0 Å². The van der Waals surface area contributed by atoms with Crippen molar-refractivity contribution in [2.45, 2.75) is 40.7 Å². The van der Waals surface area contributed by atoms with Gasteiger partial charge in [0.05, 0.1) is 0 Å². The minimum Gasteiger partial charge on any atom is -0.297 e. The molecule has 1 atom stereocenters. The number of aryl methyl sites for hydroxylation is 2. The predicted molar refractivity (Wildman–Crippen MR) is 67.3 cm³/mol. The SMILES string of the molecule is CCN(CC)C(C)c1cc(C)ccc1C. The summed E-state index contributed by atoms with van der Waals surface area (Å²) in [7, 11) is 0. The Bertz CT molecular complexity index is 313. The standard InChI is InChI=1S/C14H23N/c1-6-15(7-2)13(5)14-10-11(3)8-9-12(14)4/h8-10,13H,6-7H2,1-5H3. The van der Waals surface area contributed by atoms with Gasteiger partial charge in [-0.3, -0.25) is 4.90 Å². The van der Waals surface area contributed by atoms with Crippen molar-refractivity contribution in [2.24, 2.45) is 0 Å². The number of benzene rings is 1. The molecule has 0 fully saturated rings. The molecule has 0 aliphatic carbocycles. The molecule has 0 saturated heterocycles. The van der Waals surface area contributed by atoms with Gasteiger partial charge in [-0.2, -0.15) is 0 Å². The highest BCUT2D eigenvalue weighted by atomic mass is 15.1. The minimum atomic E-state index is 0.528. The highest BCUT2D eigenvalue weighted by Gasteiger charge is 2.14. The van der Waals surface area contributed by atoms with E-state index in [1.807, 2.05) is 0 Å². The lowest BCUT2D eigenvalue weighted by atomic mass is 9.99. The van der Waals surface area contributed by atoms with Crippen molar-refractivity contribution < 1.29 is 0 Å². The zero-order valence-electron chi connectivity index (χ0n) is 10.7. The van der Waals surface area contributed by atoms with Crippen LogP contribution in [0.5, 0.6) is 0 Å². The van der Waals surface area contributed by atoms with Crippen LogP contribution in [0, 0.1) is 13.8 Å². The van der Waals surface area contributed by atoms with E-state index >= 15 is 0 Å². The molecular weight excluding hydrogens is 182 g/mol. The maximum atomic E-state index is 2.49. The van der Waals surface area contributed by atoms with Gasteiger partial charge in [-0.25, -0.2) is 0 Å². The molecule has 1 nitrogen and oxygen atoms in total. The molecule has 1 unspecified atom stereocenters. The molecule has 1 aromatic rings. The van der Waals surface area contributed by atoms with Gasteiger partial charge in [0.15, 0.2) is 0 Å². The summed E-state index contributed by atoms with van der Waals surface area (Å²) in [6.45, 7) is 13.4. The summed E-state index contributed by atoms with van der Waals surface area (Å²) in [5, 5.41) is 0. The van der Waals surface area contributed by atoms with Crippen molar-refractivity contribution in [2.75, 3.05) is 13.1 Å². The van der Waals surface area contributed by atoms with Crippen LogP contribution in [0.25, 0.3) is 0 Å². The van der Waals surface area contributed by atoms with E-state index in [0.717, 1.165) is 13.1 Å². The van der Waals surface area contributed by atoms with E-state index in [2.05, 4.69) is 57.7 Å². The van der Waals surface area contributed by atoms with Crippen molar-refractivity contribution in [1.29, 1.82) is 0 Å². The first-order valence-electron chi connectivity index (χ1n) is 5.91. The first kappa shape index (κ1) is 12.3. The van der Waals surface area contributed by atoms with Gasteiger partial charge in [-0.15, -0.1) is 0 Å². The molecule has 0 N–H and O–H groups in total. The van der Waals surface area contributed by atoms with Crippen LogP contribution >= 0.6 is 0 Å². The van der Waals surface area contributed by atoms with E-state index in [1.54, 1.807) is 0 Å². The van der Waals surface area contributed by atoms with Crippen LogP contribution in [0.15, 0.2) is 18.2 Å². The summed E-state index contributed by atoms with van der Waals surface area (Å²) in [5.74, 6) is 0. The average molecular weight is 205 g/mol. The number of hydrogen-bond acceptors (Lipinski definition) is 1. The normalized spacial score (nSPS) is 13.2. The Hall–Kier alpha value is -0.820. The third-order valence-electron chi connectivity index (χ3n) is 3.24. The Kier molecular flexibility index (Phi) is 4.34. The van der Waals surface area contributed by atoms with Crippen LogP contribution in [0.4, 0.5) is 0 Å². The van der Waals surface area contributed by atoms with E-state index in [0.29, 0.717) is 6.04 Å². The molecule has 1 rings (SSSR count). The first-order chi connectivity index (χ1) is 7.10. The molecule has 0 heterocycles. The molecule has 1 heteroatoms. The lowest BCUT2D eigenvalue weighted by Gasteiger charge is -2.28. The summed E-state index contributed by atoms with van der Waals surface area (Å²) in [5.41, 5.74) is 4.23. The van der Waals surface area contributed by atoms with Gasteiger partial charge in [0.1, 0.15) is 0 Å². The average Bonchev–Trinajstić information content (AvgIpc) is 2.23. The predicted octanol–water partition coefficient (Wildman–Crippen LogP) is 3.71.